The first-order valence-corrected chi connectivity index (χ1v) is 10.6. The maximum absolute atomic E-state index is 13.2. The summed E-state index contributed by atoms with van der Waals surface area (Å²) in [7, 11) is 1.72. The first-order valence-electron chi connectivity index (χ1n) is 10.6. The molecule has 1 aliphatic heterocycles. The molecular weight excluding hydrogens is 362 g/mol. The molecule has 1 amide bonds. The molecule has 1 fully saturated rings. The summed E-state index contributed by atoms with van der Waals surface area (Å²) >= 11 is 0. The molecule has 1 saturated heterocycles. The topological polar surface area (TPSA) is 36.0 Å². The molecule has 0 spiro atoms. The fraction of sp³-hybridized carbons (Fsp3) is 0.458. The number of likely N-dealkylation sites (N-methyl/N-ethyl adjacent to an activating group) is 1. The van der Waals surface area contributed by atoms with E-state index in [1.54, 1.807) is 7.11 Å². The second kappa shape index (κ2) is 10.3. The first-order chi connectivity index (χ1) is 14.2. The molecular formula is C24H33N3O2. The van der Waals surface area contributed by atoms with E-state index in [0.717, 1.165) is 62.8 Å². The smallest absolute Gasteiger partial charge is 0.231 e. The zero-order chi connectivity index (χ0) is 20.6. The van der Waals surface area contributed by atoms with Gasteiger partial charge in [-0.1, -0.05) is 42.5 Å². The average molecular weight is 396 g/mol. The van der Waals surface area contributed by atoms with Crippen LogP contribution in [-0.2, 0) is 4.79 Å². The minimum Gasteiger partial charge on any atom is -0.495 e. The lowest BCUT2D eigenvalue weighted by Crippen LogP contribution is -2.49. The van der Waals surface area contributed by atoms with Crippen molar-refractivity contribution in [3.8, 4) is 5.75 Å². The number of carbonyl (C=O) groups is 1. The van der Waals surface area contributed by atoms with E-state index in [2.05, 4.69) is 47.9 Å². The van der Waals surface area contributed by atoms with E-state index in [-0.39, 0.29) is 11.8 Å². The van der Waals surface area contributed by atoms with Crippen molar-refractivity contribution in [3.63, 3.8) is 0 Å². The maximum Gasteiger partial charge on any atom is 0.231 e. The molecule has 29 heavy (non-hydrogen) atoms. The maximum atomic E-state index is 13.2. The lowest BCUT2D eigenvalue weighted by molar-refractivity contribution is -0.133. The van der Waals surface area contributed by atoms with Gasteiger partial charge in [0.1, 0.15) is 5.75 Å². The van der Waals surface area contributed by atoms with Crippen LogP contribution in [0.1, 0.15) is 25.3 Å². The Morgan fingerprint density at radius 3 is 2.21 bits per heavy atom. The monoisotopic (exact) mass is 395 g/mol. The Bertz CT molecular complexity index is 769. The van der Waals surface area contributed by atoms with Gasteiger partial charge in [0.05, 0.1) is 18.7 Å². The molecule has 0 saturated carbocycles. The predicted octanol–water partition coefficient (Wildman–Crippen LogP) is 3.47. The van der Waals surface area contributed by atoms with Crippen LogP contribution < -0.4 is 9.64 Å². The molecule has 0 radical (unpaired) electrons. The quantitative estimate of drug-likeness (QED) is 0.686. The van der Waals surface area contributed by atoms with Crippen LogP contribution in [0, 0.1) is 0 Å². The second-order valence-electron chi connectivity index (χ2n) is 7.43. The minimum absolute atomic E-state index is 0.117. The number of carbonyl (C=O) groups excluding carboxylic acids is 1. The SMILES string of the molecule is CCN(CC)C(=O)[C@H](CN1CCN(c2ccccc2OC)CC1)c1ccccc1. The van der Waals surface area contributed by atoms with Gasteiger partial charge in [-0.2, -0.15) is 0 Å². The van der Waals surface area contributed by atoms with Crippen molar-refractivity contribution in [2.24, 2.45) is 0 Å². The fourth-order valence-electron chi connectivity index (χ4n) is 4.09. The number of hydrogen-bond donors (Lipinski definition) is 0. The van der Waals surface area contributed by atoms with Crippen molar-refractivity contribution >= 4 is 11.6 Å². The van der Waals surface area contributed by atoms with Crippen molar-refractivity contribution < 1.29 is 9.53 Å². The highest BCUT2D eigenvalue weighted by molar-refractivity contribution is 5.84. The summed E-state index contributed by atoms with van der Waals surface area (Å²) in [5.41, 5.74) is 2.25. The number of piperazine rings is 1. The van der Waals surface area contributed by atoms with Gasteiger partial charge in [-0.15, -0.1) is 0 Å². The van der Waals surface area contributed by atoms with Gasteiger partial charge in [0.2, 0.25) is 5.91 Å². The summed E-state index contributed by atoms with van der Waals surface area (Å²) in [6.07, 6.45) is 0. The van der Waals surface area contributed by atoms with Crippen LogP contribution in [0.25, 0.3) is 0 Å². The predicted molar refractivity (Wildman–Crippen MR) is 119 cm³/mol. The van der Waals surface area contributed by atoms with Gasteiger partial charge in [0.15, 0.2) is 0 Å². The van der Waals surface area contributed by atoms with Gasteiger partial charge in [0.25, 0.3) is 0 Å². The lowest BCUT2D eigenvalue weighted by atomic mass is 9.96. The number of benzene rings is 2. The van der Waals surface area contributed by atoms with Crippen LogP contribution in [0.5, 0.6) is 5.75 Å². The van der Waals surface area contributed by atoms with Crippen molar-refractivity contribution in [3.05, 3.63) is 60.2 Å². The van der Waals surface area contributed by atoms with Crippen molar-refractivity contribution in [2.45, 2.75) is 19.8 Å². The molecule has 1 atom stereocenters. The van der Waals surface area contributed by atoms with E-state index >= 15 is 0 Å². The van der Waals surface area contributed by atoms with E-state index in [0.29, 0.717) is 0 Å². The molecule has 5 heteroatoms. The molecule has 0 unspecified atom stereocenters. The molecule has 2 aromatic carbocycles. The Hall–Kier alpha value is -2.53. The first kappa shape index (κ1) is 21.2. The molecule has 156 valence electrons. The van der Waals surface area contributed by atoms with Crippen molar-refractivity contribution in [2.75, 3.05) is 57.8 Å². The Morgan fingerprint density at radius 2 is 1.59 bits per heavy atom. The van der Waals surface area contributed by atoms with Crippen LogP contribution in [-0.4, -0.2) is 68.6 Å². The van der Waals surface area contributed by atoms with Gasteiger partial charge in [-0.25, -0.2) is 0 Å². The summed E-state index contributed by atoms with van der Waals surface area (Å²) in [4.78, 5) is 20.0. The lowest BCUT2D eigenvalue weighted by Gasteiger charge is -2.38. The molecule has 1 aliphatic rings. The highest BCUT2D eigenvalue weighted by Crippen LogP contribution is 2.29. The average Bonchev–Trinajstić information content (AvgIpc) is 2.79. The van der Waals surface area contributed by atoms with Gasteiger partial charge in [-0.3, -0.25) is 9.69 Å². The molecule has 5 nitrogen and oxygen atoms in total. The summed E-state index contributed by atoms with van der Waals surface area (Å²) in [5, 5.41) is 0. The molecule has 0 bridgehead atoms. The Kier molecular flexibility index (Phi) is 7.53. The summed E-state index contributed by atoms with van der Waals surface area (Å²) in [5.74, 6) is 1.03. The fourth-order valence-corrected chi connectivity index (χ4v) is 4.09. The third-order valence-corrected chi connectivity index (χ3v) is 5.81. The number of amides is 1. The Labute approximate surface area is 174 Å². The molecule has 0 aromatic heterocycles. The number of methoxy groups -OCH3 is 1. The Morgan fingerprint density at radius 1 is 0.966 bits per heavy atom. The molecule has 1 heterocycles. The third kappa shape index (κ3) is 5.10. The number of anilines is 1. The number of rotatable bonds is 8. The molecule has 2 aromatic rings. The largest absolute Gasteiger partial charge is 0.495 e. The molecule has 0 N–H and O–H groups in total. The van der Waals surface area contributed by atoms with Gasteiger partial charge in [-0.05, 0) is 31.5 Å². The van der Waals surface area contributed by atoms with Crippen LogP contribution in [0.15, 0.2) is 54.6 Å². The zero-order valence-corrected chi connectivity index (χ0v) is 17.9. The van der Waals surface area contributed by atoms with Crippen molar-refractivity contribution in [1.29, 1.82) is 0 Å². The van der Waals surface area contributed by atoms with Crippen LogP contribution in [0.2, 0.25) is 0 Å². The zero-order valence-electron chi connectivity index (χ0n) is 17.9. The van der Waals surface area contributed by atoms with E-state index in [1.807, 2.05) is 35.2 Å². The van der Waals surface area contributed by atoms with E-state index in [9.17, 15) is 4.79 Å². The minimum atomic E-state index is -0.117. The second-order valence-corrected chi connectivity index (χ2v) is 7.43. The normalized spacial score (nSPS) is 15.8. The van der Waals surface area contributed by atoms with E-state index in [1.165, 1.54) is 0 Å². The number of nitrogens with zero attached hydrogens (tertiary/aromatic N) is 3. The number of ether oxygens (including phenoxy) is 1. The van der Waals surface area contributed by atoms with Gasteiger partial charge < -0.3 is 14.5 Å². The third-order valence-electron chi connectivity index (χ3n) is 5.81. The Balaban J connectivity index is 1.69. The van der Waals surface area contributed by atoms with Gasteiger partial charge >= 0.3 is 0 Å². The van der Waals surface area contributed by atoms with Crippen LogP contribution in [0.4, 0.5) is 5.69 Å². The van der Waals surface area contributed by atoms with E-state index < -0.39 is 0 Å². The van der Waals surface area contributed by atoms with Crippen LogP contribution >= 0.6 is 0 Å². The highest BCUT2D eigenvalue weighted by Gasteiger charge is 2.28. The molecule has 0 aliphatic carbocycles. The highest BCUT2D eigenvalue weighted by atomic mass is 16.5. The summed E-state index contributed by atoms with van der Waals surface area (Å²) in [6.45, 7) is 10.1. The molecule has 3 rings (SSSR count). The van der Waals surface area contributed by atoms with Crippen molar-refractivity contribution in [1.82, 2.24) is 9.80 Å². The number of para-hydroxylation sites is 2. The van der Waals surface area contributed by atoms with E-state index in [4.69, 9.17) is 4.74 Å². The van der Waals surface area contributed by atoms with Gasteiger partial charge in [0, 0.05) is 45.8 Å². The summed E-state index contributed by atoms with van der Waals surface area (Å²) < 4.78 is 5.52. The van der Waals surface area contributed by atoms with Crippen LogP contribution in [0.3, 0.4) is 0 Å². The summed E-state index contributed by atoms with van der Waals surface area (Å²) in [6, 6.07) is 18.4. The number of hydrogen-bond acceptors (Lipinski definition) is 4. The standard InChI is InChI=1S/C24H33N3O2/c1-4-26(5-2)24(28)21(20-11-7-6-8-12-20)19-25-15-17-27(18-16-25)22-13-9-10-14-23(22)29-3/h6-14,21H,4-5,15-19H2,1-3H3/t21-/m1/s1.